The summed E-state index contributed by atoms with van der Waals surface area (Å²) in [7, 11) is 0. The molecular weight excluding hydrogens is 322 g/mol. The van der Waals surface area contributed by atoms with Crippen molar-refractivity contribution in [3.05, 3.63) is 52.9 Å². The molecule has 2 aromatic rings. The Labute approximate surface area is 145 Å². The maximum atomic E-state index is 12.3. The molecule has 0 saturated carbocycles. The third kappa shape index (κ3) is 3.57. The van der Waals surface area contributed by atoms with Crippen LogP contribution in [0.4, 0.5) is 5.69 Å². The Morgan fingerprint density at radius 3 is 2.58 bits per heavy atom. The molecule has 3 rings (SSSR count). The second kappa shape index (κ2) is 7.45. The molecule has 5 heteroatoms. The maximum Gasteiger partial charge on any atom is 0.262 e. The van der Waals surface area contributed by atoms with E-state index >= 15 is 0 Å². The summed E-state index contributed by atoms with van der Waals surface area (Å²) in [6, 6.07) is 13.5. The fourth-order valence-corrected chi connectivity index (χ4v) is 3.36. The van der Waals surface area contributed by atoms with E-state index in [1.54, 1.807) is 0 Å². The maximum absolute atomic E-state index is 12.3. The van der Waals surface area contributed by atoms with E-state index in [1.165, 1.54) is 11.8 Å². The summed E-state index contributed by atoms with van der Waals surface area (Å²) < 4.78 is 11.2. The van der Waals surface area contributed by atoms with Crippen LogP contribution in [-0.4, -0.2) is 19.1 Å². The van der Waals surface area contributed by atoms with Crippen molar-refractivity contribution in [2.45, 2.75) is 18.7 Å². The number of benzene rings is 2. The van der Waals surface area contributed by atoms with Crippen LogP contribution >= 0.6 is 11.8 Å². The monoisotopic (exact) mass is 341 g/mol. The van der Waals surface area contributed by atoms with Crippen molar-refractivity contribution in [1.82, 2.24) is 0 Å². The number of nitrogens with one attached hydrogen (secondary N) is 1. The minimum atomic E-state index is -0.0921. The molecule has 0 radical (unpaired) electrons. The molecular formula is C19H19NO3S. The van der Waals surface area contributed by atoms with Crippen LogP contribution in [-0.2, 0) is 4.79 Å². The summed E-state index contributed by atoms with van der Waals surface area (Å²) in [5.41, 5.74) is 1.75. The highest BCUT2D eigenvalue weighted by Gasteiger charge is 2.20. The van der Waals surface area contributed by atoms with E-state index in [4.69, 9.17) is 9.47 Å². The number of carbonyl (C=O) groups excluding carboxylic acids is 1. The quantitative estimate of drug-likeness (QED) is 0.809. The third-order valence-corrected chi connectivity index (χ3v) is 4.54. The summed E-state index contributed by atoms with van der Waals surface area (Å²) in [5.74, 6) is 1.31. The van der Waals surface area contributed by atoms with Gasteiger partial charge in [0.25, 0.3) is 5.91 Å². The SMILES string of the molecule is CCOc1ccc(/C=C2\Sc3ccccc3NC2=O)cc1OCC. The van der Waals surface area contributed by atoms with Crippen molar-refractivity contribution >= 4 is 29.4 Å². The lowest BCUT2D eigenvalue weighted by Crippen LogP contribution is -2.17. The zero-order valence-corrected chi connectivity index (χ0v) is 14.5. The van der Waals surface area contributed by atoms with Crippen LogP contribution in [0.15, 0.2) is 52.3 Å². The number of hydrogen-bond acceptors (Lipinski definition) is 4. The highest BCUT2D eigenvalue weighted by Crippen LogP contribution is 2.39. The van der Waals surface area contributed by atoms with Gasteiger partial charge >= 0.3 is 0 Å². The highest BCUT2D eigenvalue weighted by atomic mass is 32.2. The molecule has 4 nitrogen and oxygen atoms in total. The van der Waals surface area contributed by atoms with Crippen LogP contribution in [0.1, 0.15) is 19.4 Å². The molecule has 0 spiro atoms. The van der Waals surface area contributed by atoms with Gasteiger partial charge in [0.1, 0.15) is 0 Å². The van der Waals surface area contributed by atoms with Gasteiger partial charge < -0.3 is 14.8 Å². The molecule has 1 N–H and O–H groups in total. The Bertz CT molecular complexity index is 786. The van der Waals surface area contributed by atoms with Gasteiger partial charge in [0.15, 0.2) is 11.5 Å². The Balaban J connectivity index is 1.91. The first-order valence-electron chi connectivity index (χ1n) is 7.90. The molecule has 0 saturated heterocycles. The normalized spacial score (nSPS) is 14.9. The molecule has 124 valence electrons. The van der Waals surface area contributed by atoms with E-state index < -0.39 is 0 Å². The molecule has 0 aliphatic carbocycles. The second-order valence-electron chi connectivity index (χ2n) is 5.13. The number of amides is 1. The van der Waals surface area contributed by atoms with E-state index in [-0.39, 0.29) is 5.91 Å². The van der Waals surface area contributed by atoms with E-state index in [0.717, 1.165) is 16.1 Å². The highest BCUT2D eigenvalue weighted by molar-refractivity contribution is 8.04. The van der Waals surface area contributed by atoms with Crippen molar-refractivity contribution < 1.29 is 14.3 Å². The predicted octanol–water partition coefficient (Wildman–Crippen LogP) is 4.57. The molecule has 0 fully saturated rings. The van der Waals surface area contributed by atoms with E-state index in [1.807, 2.05) is 62.4 Å². The van der Waals surface area contributed by atoms with Gasteiger partial charge in [-0.3, -0.25) is 4.79 Å². The number of rotatable bonds is 5. The Hall–Kier alpha value is -2.40. The average Bonchev–Trinajstić information content (AvgIpc) is 2.58. The van der Waals surface area contributed by atoms with E-state index in [9.17, 15) is 4.79 Å². The fourth-order valence-electron chi connectivity index (χ4n) is 2.41. The molecule has 1 heterocycles. The van der Waals surface area contributed by atoms with Crippen LogP contribution in [0.3, 0.4) is 0 Å². The molecule has 0 bridgehead atoms. The van der Waals surface area contributed by atoms with Crippen molar-refractivity contribution in [2.24, 2.45) is 0 Å². The number of anilines is 1. The molecule has 0 aromatic heterocycles. The lowest BCUT2D eigenvalue weighted by Gasteiger charge is -2.18. The molecule has 2 aromatic carbocycles. The first-order valence-corrected chi connectivity index (χ1v) is 8.72. The minimum absolute atomic E-state index is 0.0921. The first kappa shape index (κ1) is 16.5. The van der Waals surface area contributed by atoms with Crippen LogP contribution in [0.25, 0.3) is 6.08 Å². The molecule has 1 aliphatic rings. The molecule has 1 aliphatic heterocycles. The minimum Gasteiger partial charge on any atom is -0.490 e. The first-order chi connectivity index (χ1) is 11.7. The van der Waals surface area contributed by atoms with Gasteiger partial charge in [-0.15, -0.1) is 0 Å². The van der Waals surface area contributed by atoms with Crippen molar-refractivity contribution in [1.29, 1.82) is 0 Å². The van der Waals surface area contributed by atoms with Crippen molar-refractivity contribution in [3.8, 4) is 11.5 Å². The smallest absolute Gasteiger partial charge is 0.262 e. The number of fused-ring (bicyclic) bond motifs is 1. The largest absolute Gasteiger partial charge is 0.490 e. The van der Waals surface area contributed by atoms with Crippen LogP contribution in [0.2, 0.25) is 0 Å². The number of thioether (sulfide) groups is 1. The van der Waals surface area contributed by atoms with E-state index in [2.05, 4.69) is 5.32 Å². The average molecular weight is 341 g/mol. The zero-order chi connectivity index (χ0) is 16.9. The van der Waals surface area contributed by atoms with Gasteiger partial charge in [0, 0.05) is 4.90 Å². The second-order valence-corrected chi connectivity index (χ2v) is 6.22. The van der Waals surface area contributed by atoms with Crippen LogP contribution in [0, 0.1) is 0 Å². The van der Waals surface area contributed by atoms with Gasteiger partial charge in [0.05, 0.1) is 23.8 Å². The summed E-state index contributed by atoms with van der Waals surface area (Å²) in [6.45, 7) is 5.01. The van der Waals surface area contributed by atoms with E-state index in [0.29, 0.717) is 29.6 Å². The van der Waals surface area contributed by atoms with Crippen LogP contribution < -0.4 is 14.8 Å². The van der Waals surface area contributed by atoms with Gasteiger partial charge in [0.2, 0.25) is 0 Å². The van der Waals surface area contributed by atoms with Crippen molar-refractivity contribution in [2.75, 3.05) is 18.5 Å². The molecule has 24 heavy (non-hydrogen) atoms. The molecule has 0 unspecified atom stereocenters. The molecule has 0 atom stereocenters. The lowest BCUT2D eigenvalue weighted by molar-refractivity contribution is -0.112. The Morgan fingerprint density at radius 1 is 1.04 bits per heavy atom. The standard InChI is InChI=1S/C19H19NO3S/c1-3-22-15-10-9-13(11-16(15)23-4-2)12-18-19(21)20-14-7-5-6-8-17(14)24-18/h5-12H,3-4H2,1-2H3,(H,20,21)/b18-12-. The third-order valence-electron chi connectivity index (χ3n) is 3.44. The number of para-hydroxylation sites is 1. The predicted molar refractivity (Wildman–Crippen MR) is 97.7 cm³/mol. The van der Waals surface area contributed by atoms with Gasteiger partial charge in [-0.2, -0.15) is 0 Å². The topological polar surface area (TPSA) is 47.6 Å². The number of ether oxygens (including phenoxy) is 2. The van der Waals surface area contributed by atoms with Crippen molar-refractivity contribution in [3.63, 3.8) is 0 Å². The number of carbonyl (C=O) groups is 1. The number of hydrogen-bond donors (Lipinski definition) is 1. The van der Waals surface area contributed by atoms with Gasteiger partial charge in [-0.25, -0.2) is 0 Å². The summed E-state index contributed by atoms with van der Waals surface area (Å²) in [5, 5.41) is 2.92. The fraction of sp³-hybridized carbons (Fsp3) is 0.211. The summed E-state index contributed by atoms with van der Waals surface area (Å²) in [6.07, 6.45) is 1.87. The lowest BCUT2D eigenvalue weighted by atomic mass is 10.2. The van der Waals surface area contributed by atoms with Gasteiger partial charge in [-0.05, 0) is 49.8 Å². The summed E-state index contributed by atoms with van der Waals surface area (Å²) in [4.78, 5) is 14.0. The molecule has 1 amide bonds. The Morgan fingerprint density at radius 2 is 1.79 bits per heavy atom. The zero-order valence-electron chi connectivity index (χ0n) is 13.7. The van der Waals surface area contributed by atoms with Crippen LogP contribution in [0.5, 0.6) is 11.5 Å². The summed E-state index contributed by atoms with van der Waals surface area (Å²) >= 11 is 1.47. The van der Waals surface area contributed by atoms with Gasteiger partial charge in [-0.1, -0.05) is 30.0 Å². The Kier molecular flexibility index (Phi) is 5.11.